The standard InChI is InChI=1S/C52H48N2/c1-37-7-15-43(16-8-37)41(5)35-53(49-27-11-39(3)12-28-49)51-31-23-47(24-32-51)45-19-21-46(22-20-45)48-25-33-52(34-26-48)54(50-29-13-40(4)14-30-50)36-42(6)44-17-9-38(2)10-18-44/h7-36H,1-6H3/b41-35+,42-36+. The molecule has 0 amide bonds. The molecule has 0 N–H and O–H groups in total. The van der Waals surface area contributed by atoms with E-state index in [4.69, 9.17) is 0 Å². The summed E-state index contributed by atoms with van der Waals surface area (Å²) >= 11 is 0. The predicted molar refractivity (Wildman–Crippen MR) is 234 cm³/mol. The first-order chi connectivity index (χ1) is 26.2. The van der Waals surface area contributed by atoms with Gasteiger partial charge in [0, 0.05) is 35.1 Å². The second kappa shape index (κ2) is 16.1. The van der Waals surface area contributed by atoms with E-state index in [0.29, 0.717) is 0 Å². The average molecular weight is 701 g/mol. The van der Waals surface area contributed by atoms with Gasteiger partial charge >= 0.3 is 0 Å². The van der Waals surface area contributed by atoms with Crippen LogP contribution in [0.4, 0.5) is 22.7 Å². The van der Waals surface area contributed by atoms with Crippen LogP contribution in [0.25, 0.3) is 33.4 Å². The molecule has 0 aliphatic rings. The lowest BCUT2D eigenvalue weighted by molar-refractivity contribution is 1.27. The zero-order chi connectivity index (χ0) is 37.6. The average Bonchev–Trinajstić information content (AvgIpc) is 3.20. The summed E-state index contributed by atoms with van der Waals surface area (Å²) in [7, 11) is 0. The number of nitrogens with zero attached hydrogens (tertiary/aromatic N) is 2. The zero-order valence-corrected chi connectivity index (χ0v) is 32.2. The monoisotopic (exact) mass is 700 g/mol. The molecule has 0 spiro atoms. The van der Waals surface area contributed by atoms with Gasteiger partial charge in [0.05, 0.1) is 0 Å². The summed E-state index contributed by atoms with van der Waals surface area (Å²) in [6.07, 6.45) is 4.48. The lowest BCUT2D eigenvalue weighted by Crippen LogP contribution is -2.09. The number of aryl methyl sites for hydroxylation is 4. The van der Waals surface area contributed by atoms with Crippen LogP contribution in [0.3, 0.4) is 0 Å². The Morgan fingerprint density at radius 3 is 0.759 bits per heavy atom. The Morgan fingerprint density at radius 1 is 0.296 bits per heavy atom. The van der Waals surface area contributed by atoms with Gasteiger partial charge < -0.3 is 9.80 Å². The molecule has 0 saturated carbocycles. The van der Waals surface area contributed by atoms with Gasteiger partial charge in [-0.2, -0.15) is 0 Å². The molecule has 0 aliphatic carbocycles. The minimum atomic E-state index is 1.12. The predicted octanol–water partition coefficient (Wildman–Crippen LogP) is 14.7. The molecule has 7 rings (SSSR count). The highest BCUT2D eigenvalue weighted by Gasteiger charge is 2.12. The van der Waals surface area contributed by atoms with Crippen molar-refractivity contribution in [1.82, 2.24) is 0 Å². The Morgan fingerprint density at radius 2 is 0.500 bits per heavy atom. The van der Waals surface area contributed by atoms with Crippen molar-refractivity contribution in [2.75, 3.05) is 9.80 Å². The normalized spacial score (nSPS) is 11.7. The van der Waals surface area contributed by atoms with Crippen molar-refractivity contribution in [1.29, 1.82) is 0 Å². The molecule has 2 nitrogen and oxygen atoms in total. The fraction of sp³-hybridized carbons (Fsp3) is 0.115. The molecular weight excluding hydrogens is 653 g/mol. The van der Waals surface area contributed by atoms with E-state index < -0.39 is 0 Å². The fourth-order valence-corrected chi connectivity index (χ4v) is 6.66. The second-order valence-electron chi connectivity index (χ2n) is 14.4. The number of allylic oxidation sites excluding steroid dienone is 2. The van der Waals surface area contributed by atoms with Crippen molar-refractivity contribution in [2.24, 2.45) is 0 Å². The van der Waals surface area contributed by atoms with E-state index >= 15 is 0 Å². The summed E-state index contributed by atoms with van der Waals surface area (Å²) < 4.78 is 0. The molecule has 0 unspecified atom stereocenters. The van der Waals surface area contributed by atoms with Gasteiger partial charge in [-0.3, -0.25) is 0 Å². The first-order valence-corrected chi connectivity index (χ1v) is 18.7. The summed E-state index contributed by atoms with van der Waals surface area (Å²) in [5.41, 5.74) is 19.2. The third kappa shape index (κ3) is 8.46. The first-order valence-electron chi connectivity index (χ1n) is 18.7. The summed E-state index contributed by atoms with van der Waals surface area (Å²) in [6, 6.07) is 61.6. The number of anilines is 4. The van der Waals surface area contributed by atoms with Crippen LogP contribution in [0.2, 0.25) is 0 Å². The van der Waals surface area contributed by atoms with Crippen LogP contribution < -0.4 is 9.80 Å². The van der Waals surface area contributed by atoms with E-state index in [1.807, 2.05) is 0 Å². The van der Waals surface area contributed by atoms with Crippen molar-refractivity contribution in [3.05, 3.63) is 216 Å². The molecule has 0 radical (unpaired) electrons. The third-order valence-electron chi connectivity index (χ3n) is 10.1. The highest BCUT2D eigenvalue weighted by atomic mass is 15.1. The molecule has 0 aromatic heterocycles. The molecule has 0 heterocycles. The van der Waals surface area contributed by atoms with E-state index in [0.717, 1.165) is 22.7 Å². The van der Waals surface area contributed by atoms with Crippen LogP contribution in [0.15, 0.2) is 182 Å². The molecule has 54 heavy (non-hydrogen) atoms. The fourth-order valence-electron chi connectivity index (χ4n) is 6.66. The molecule has 0 bridgehead atoms. The van der Waals surface area contributed by atoms with Crippen molar-refractivity contribution in [3.8, 4) is 22.3 Å². The summed E-state index contributed by atoms with van der Waals surface area (Å²) in [6.45, 7) is 12.9. The first kappa shape index (κ1) is 36.0. The van der Waals surface area contributed by atoms with Crippen LogP contribution >= 0.6 is 0 Å². The molecule has 0 fully saturated rings. The lowest BCUT2D eigenvalue weighted by Gasteiger charge is -2.23. The Kier molecular flexibility index (Phi) is 10.7. The van der Waals surface area contributed by atoms with Gasteiger partial charge in [0.2, 0.25) is 0 Å². The van der Waals surface area contributed by atoms with Gasteiger partial charge in [0.25, 0.3) is 0 Å². The molecule has 0 saturated heterocycles. The smallest absolute Gasteiger partial charge is 0.0456 e. The highest BCUT2D eigenvalue weighted by molar-refractivity contribution is 5.79. The van der Waals surface area contributed by atoms with Crippen molar-refractivity contribution >= 4 is 33.9 Å². The van der Waals surface area contributed by atoms with Gasteiger partial charge in [-0.1, -0.05) is 144 Å². The van der Waals surface area contributed by atoms with E-state index in [1.165, 1.54) is 66.8 Å². The molecular formula is C52H48N2. The third-order valence-corrected chi connectivity index (χ3v) is 10.1. The molecule has 2 heteroatoms. The number of hydrogen-bond donors (Lipinski definition) is 0. The van der Waals surface area contributed by atoms with Gasteiger partial charge in [-0.15, -0.1) is 0 Å². The molecule has 7 aromatic carbocycles. The topological polar surface area (TPSA) is 6.48 Å². The van der Waals surface area contributed by atoms with Gasteiger partial charge in [-0.25, -0.2) is 0 Å². The lowest BCUT2D eigenvalue weighted by atomic mass is 9.99. The zero-order valence-electron chi connectivity index (χ0n) is 32.2. The maximum Gasteiger partial charge on any atom is 0.0456 e. The molecule has 0 aliphatic heterocycles. The molecule has 7 aromatic rings. The van der Waals surface area contributed by atoms with E-state index in [9.17, 15) is 0 Å². The summed E-state index contributed by atoms with van der Waals surface area (Å²) in [5.74, 6) is 0. The van der Waals surface area contributed by atoms with Gasteiger partial charge in [0.1, 0.15) is 0 Å². The van der Waals surface area contributed by atoms with Crippen LogP contribution in [0, 0.1) is 27.7 Å². The molecule has 266 valence electrons. The van der Waals surface area contributed by atoms with E-state index in [-0.39, 0.29) is 0 Å². The van der Waals surface area contributed by atoms with Gasteiger partial charge in [0.15, 0.2) is 0 Å². The summed E-state index contributed by atoms with van der Waals surface area (Å²) in [5, 5.41) is 0. The number of benzene rings is 7. The van der Waals surface area contributed by atoms with Crippen LogP contribution in [0.1, 0.15) is 47.2 Å². The van der Waals surface area contributed by atoms with Crippen LogP contribution in [-0.4, -0.2) is 0 Å². The molecule has 0 atom stereocenters. The van der Waals surface area contributed by atoms with Crippen molar-refractivity contribution < 1.29 is 0 Å². The van der Waals surface area contributed by atoms with E-state index in [2.05, 4.69) is 234 Å². The number of rotatable bonds is 10. The quantitative estimate of drug-likeness (QED) is 0.140. The highest BCUT2D eigenvalue weighted by Crippen LogP contribution is 2.34. The Labute approximate surface area is 322 Å². The van der Waals surface area contributed by atoms with Crippen molar-refractivity contribution in [3.63, 3.8) is 0 Å². The minimum Gasteiger partial charge on any atom is -0.317 e. The SMILES string of the molecule is C/C(=C\N(c1ccc(C)cc1)c1ccc(-c2ccc(-c3ccc(N(/C=C(\C)c4ccc(C)cc4)c4ccc(C)cc4)cc3)cc2)cc1)c1ccc(C)cc1. The summed E-state index contributed by atoms with van der Waals surface area (Å²) in [4.78, 5) is 4.56. The van der Waals surface area contributed by atoms with Crippen LogP contribution in [-0.2, 0) is 0 Å². The van der Waals surface area contributed by atoms with Gasteiger partial charge in [-0.05, 0) is 135 Å². The Hall–Kier alpha value is -6.38. The maximum absolute atomic E-state index is 2.28. The second-order valence-corrected chi connectivity index (χ2v) is 14.4. The van der Waals surface area contributed by atoms with Crippen molar-refractivity contribution in [2.45, 2.75) is 41.5 Å². The minimum absolute atomic E-state index is 1.12. The number of hydrogen-bond acceptors (Lipinski definition) is 2. The van der Waals surface area contributed by atoms with E-state index in [1.54, 1.807) is 0 Å². The van der Waals surface area contributed by atoms with Crippen LogP contribution in [0.5, 0.6) is 0 Å². The Balaban J connectivity index is 1.12. The largest absolute Gasteiger partial charge is 0.317 e. The Bertz CT molecular complexity index is 2190. The maximum atomic E-state index is 2.28.